The van der Waals surface area contributed by atoms with E-state index < -0.39 is 0 Å². The van der Waals surface area contributed by atoms with Crippen LogP contribution in [-0.4, -0.2) is 9.38 Å². The molecule has 0 aliphatic rings. The summed E-state index contributed by atoms with van der Waals surface area (Å²) in [7, 11) is 0. The molecule has 0 saturated heterocycles. The van der Waals surface area contributed by atoms with Gasteiger partial charge in [-0.25, -0.2) is 4.98 Å². The van der Waals surface area contributed by atoms with E-state index in [1.54, 1.807) is 0 Å². The number of benzene rings is 1. The summed E-state index contributed by atoms with van der Waals surface area (Å²) < 4.78 is 3.64. The number of anilines is 1. The fourth-order valence-corrected chi connectivity index (χ4v) is 2.97. The number of nitrogens with zero attached hydrogens (tertiary/aromatic N) is 2. The van der Waals surface area contributed by atoms with Gasteiger partial charge in [-0.3, -0.25) is 4.40 Å². The molecular weight excluding hydrogens is 393 g/mol. The van der Waals surface area contributed by atoms with Gasteiger partial charge < -0.3 is 5.73 Å². The van der Waals surface area contributed by atoms with Gasteiger partial charge in [0, 0.05) is 21.3 Å². The van der Waals surface area contributed by atoms with Gasteiger partial charge in [-0.05, 0) is 46.3 Å². The molecule has 3 rings (SSSR count). The number of halogens is 3. The van der Waals surface area contributed by atoms with E-state index in [2.05, 4.69) is 36.8 Å². The quantitative estimate of drug-likeness (QED) is 0.639. The predicted molar refractivity (Wildman–Crippen MR) is 85.5 cm³/mol. The smallest absolute Gasteiger partial charge is 0.153 e. The fraction of sp³-hybridized carbons (Fsp3) is 0. The summed E-state index contributed by atoms with van der Waals surface area (Å²) >= 11 is 13.0. The minimum Gasteiger partial charge on any atom is -0.383 e. The number of imidazole rings is 1. The van der Waals surface area contributed by atoms with Crippen molar-refractivity contribution >= 4 is 54.9 Å². The third kappa shape index (κ3) is 2.16. The van der Waals surface area contributed by atoms with Crippen LogP contribution in [0.4, 0.5) is 5.82 Å². The molecule has 2 N–H and O–H groups in total. The minimum absolute atomic E-state index is 0.583. The highest BCUT2D eigenvalue weighted by Crippen LogP contribution is 2.35. The Kier molecular flexibility index (Phi) is 3.28. The molecule has 6 heteroatoms. The standard InChI is InChI=1S/C13H8Br2ClN3/c14-9-4-3-7(16)6-8(9)11-12(17)19-5-1-2-10(15)13(19)18-11/h1-6H,17H2. The maximum Gasteiger partial charge on any atom is 0.153 e. The molecular formula is C13H8Br2ClN3. The number of aromatic nitrogens is 2. The van der Waals surface area contributed by atoms with E-state index in [0.717, 1.165) is 20.2 Å². The number of hydrogen-bond acceptors (Lipinski definition) is 2. The average molecular weight is 401 g/mol. The summed E-state index contributed by atoms with van der Waals surface area (Å²) in [4.78, 5) is 4.59. The summed E-state index contributed by atoms with van der Waals surface area (Å²) in [6.45, 7) is 0. The van der Waals surface area contributed by atoms with Gasteiger partial charge in [-0.15, -0.1) is 0 Å². The molecule has 0 amide bonds. The van der Waals surface area contributed by atoms with Crippen LogP contribution in [0.1, 0.15) is 0 Å². The zero-order valence-electron chi connectivity index (χ0n) is 9.57. The van der Waals surface area contributed by atoms with Crippen LogP contribution in [0.5, 0.6) is 0 Å². The molecule has 1 aromatic carbocycles. The number of pyridine rings is 1. The maximum atomic E-state index is 6.17. The van der Waals surface area contributed by atoms with Gasteiger partial charge >= 0.3 is 0 Å². The minimum atomic E-state index is 0.583. The Bertz CT molecular complexity index is 783. The van der Waals surface area contributed by atoms with E-state index in [-0.39, 0.29) is 0 Å². The first-order chi connectivity index (χ1) is 9.08. The normalized spacial score (nSPS) is 11.1. The van der Waals surface area contributed by atoms with Gasteiger partial charge in [0.2, 0.25) is 0 Å². The Morgan fingerprint density at radius 3 is 2.68 bits per heavy atom. The number of nitrogen functional groups attached to an aromatic ring is 1. The second-order valence-electron chi connectivity index (χ2n) is 4.02. The third-order valence-corrected chi connectivity index (χ3v) is 4.37. The van der Waals surface area contributed by atoms with Crippen LogP contribution in [0.3, 0.4) is 0 Å². The number of fused-ring (bicyclic) bond motifs is 1. The molecule has 0 bridgehead atoms. The number of rotatable bonds is 1. The maximum absolute atomic E-state index is 6.17. The molecule has 3 aromatic rings. The molecule has 0 atom stereocenters. The summed E-state index contributed by atoms with van der Waals surface area (Å²) in [6.07, 6.45) is 1.88. The van der Waals surface area contributed by atoms with Crippen LogP contribution in [-0.2, 0) is 0 Å². The lowest BCUT2D eigenvalue weighted by atomic mass is 10.1. The zero-order valence-corrected chi connectivity index (χ0v) is 13.5. The number of nitrogens with two attached hydrogens (primary N) is 1. The third-order valence-electron chi connectivity index (χ3n) is 2.82. The molecule has 2 heterocycles. The first-order valence-corrected chi connectivity index (χ1v) is 7.42. The van der Waals surface area contributed by atoms with Crippen molar-refractivity contribution in [2.24, 2.45) is 0 Å². The van der Waals surface area contributed by atoms with Crippen molar-refractivity contribution in [3.05, 3.63) is 50.5 Å². The lowest BCUT2D eigenvalue weighted by Crippen LogP contribution is -1.94. The SMILES string of the molecule is Nc1c(-c2cc(Cl)ccc2Br)nc2c(Br)cccn12. The second kappa shape index (κ2) is 4.81. The first kappa shape index (κ1) is 13.0. The van der Waals surface area contributed by atoms with Crippen LogP contribution < -0.4 is 5.73 Å². The Hall–Kier alpha value is -1.04. The average Bonchev–Trinajstić information content (AvgIpc) is 2.72. The van der Waals surface area contributed by atoms with Crippen LogP contribution in [0.15, 0.2) is 45.5 Å². The summed E-state index contributed by atoms with van der Waals surface area (Å²) in [5.74, 6) is 0.583. The van der Waals surface area contributed by atoms with Crippen molar-refractivity contribution in [1.29, 1.82) is 0 Å². The van der Waals surface area contributed by atoms with E-state index in [1.807, 2.05) is 40.9 Å². The van der Waals surface area contributed by atoms with Crippen LogP contribution in [0.25, 0.3) is 16.9 Å². The highest BCUT2D eigenvalue weighted by Gasteiger charge is 2.15. The molecule has 0 fully saturated rings. The molecule has 3 nitrogen and oxygen atoms in total. The Morgan fingerprint density at radius 2 is 1.95 bits per heavy atom. The topological polar surface area (TPSA) is 43.3 Å². The van der Waals surface area contributed by atoms with E-state index in [4.69, 9.17) is 17.3 Å². The van der Waals surface area contributed by atoms with Crippen LogP contribution >= 0.6 is 43.5 Å². The lowest BCUT2D eigenvalue weighted by molar-refractivity contribution is 1.19. The zero-order chi connectivity index (χ0) is 13.6. The fourth-order valence-electron chi connectivity index (χ4n) is 1.93. The van der Waals surface area contributed by atoms with Crippen molar-refractivity contribution in [2.45, 2.75) is 0 Å². The molecule has 0 spiro atoms. The van der Waals surface area contributed by atoms with E-state index in [0.29, 0.717) is 16.5 Å². The molecule has 0 saturated carbocycles. The van der Waals surface area contributed by atoms with Gasteiger partial charge in [0.1, 0.15) is 11.5 Å². The van der Waals surface area contributed by atoms with Gasteiger partial charge in [0.15, 0.2) is 5.65 Å². The van der Waals surface area contributed by atoms with Crippen LogP contribution in [0, 0.1) is 0 Å². The summed E-state index contributed by atoms with van der Waals surface area (Å²) in [5, 5.41) is 0.647. The molecule has 0 unspecified atom stereocenters. The number of hydrogen-bond donors (Lipinski definition) is 1. The summed E-state index contributed by atoms with van der Waals surface area (Å²) in [6, 6.07) is 9.38. The predicted octanol–water partition coefficient (Wildman–Crippen LogP) is 4.76. The van der Waals surface area contributed by atoms with Gasteiger partial charge in [0.05, 0.1) is 4.47 Å². The first-order valence-electron chi connectivity index (χ1n) is 5.45. The molecule has 0 aliphatic carbocycles. The van der Waals surface area contributed by atoms with Crippen molar-refractivity contribution in [3.8, 4) is 11.3 Å². The van der Waals surface area contributed by atoms with Gasteiger partial charge in [0.25, 0.3) is 0 Å². The van der Waals surface area contributed by atoms with E-state index in [9.17, 15) is 0 Å². The van der Waals surface area contributed by atoms with Crippen molar-refractivity contribution < 1.29 is 0 Å². The molecule has 0 aliphatic heterocycles. The van der Waals surface area contributed by atoms with Crippen molar-refractivity contribution in [2.75, 3.05) is 5.73 Å². The largest absolute Gasteiger partial charge is 0.383 e. The monoisotopic (exact) mass is 399 g/mol. The molecule has 2 aromatic heterocycles. The van der Waals surface area contributed by atoms with Crippen molar-refractivity contribution in [1.82, 2.24) is 9.38 Å². The highest BCUT2D eigenvalue weighted by atomic mass is 79.9. The molecule has 19 heavy (non-hydrogen) atoms. The van der Waals surface area contributed by atoms with Gasteiger partial charge in [-0.2, -0.15) is 0 Å². The Balaban J connectivity index is 2.34. The van der Waals surface area contributed by atoms with Crippen LogP contribution in [0.2, 0.25) is 5.02 Å². The van der Waals surface area contributed by atoms with E-state index in [1.165, 1.54) is 0 Å². The molecule has 96 valence electrons. The van der Waals surface area contributed by atoms with Gasteiger partial charge in [-0.1, -0.05) is 27.5 Å². The Morgan fingerprint density at radius 1 is 1.16 bits per heavy atom. The van der Waals surface area contributed by atoms with E-state index >= 15 is 0 Å². The second-order valence-corrected chi connectivity index (χ2v) is 6.16. The Labute approximate surface area is 131 Å². The summed E-state index contributed by atoms with van der Waals surface area (Å²) in [5.41, 5.74) is 8.54. The molecule has 0 radical (unpaired) electrons. The lowest BCUT2D eigenvalue weighted by Gasteiger charge is -2.03. The highest BCUT2D eigenvalue weighted by molar-refractivity contribution is 9.11. The van der Waals surface area contributed by atoms with Crippen molar-refractivity contribution in [3.63, 3.8) is 0 Å².